The third kappa shape index (κ3) is 7.99. The van der Waals surface area contributed by atoms with Gasteiger partial charge in [-0.25, -0.2) is 10.2 Å². The van der Waals surface area contributed by atoms with E-state index in [-0.39, 0.29) is 22.9 Å². The number of hydrogen-bond acceptors (Lipinski definition) is 7. The number of carbonyl (C=O) groups is 2. The minimum Gasteiger partial charge on any atom is -0.493 e. The van der Waals surface area contributed by atoms with Gasteiger partial charge in [0.2, 0.25) is 0 Å². The van der Waals surface area contributed by atoms with Crippen molar-refractivity contribution in [3.63, 3.8) is 0 Å². The second-order valence-electron chi connectivity index (χ2n) is 7.71. The molecule has 0 spiro atoms. The molecular formula is C28H26Cl2N2O6. The van der Waals surface area contributed by atoms with Crippen molar-refractivity contribution in [2.45, 2.75) is 13.3 Å². The van der Waals surface area contributed by atoms with E-state index in [0.29, 0.717) is 40.9 Å². The number of methoxy groups -OCH3 is 1. The molecular weight excluding hydrogens is 531 g/mol. The van der Waals surface area contributed by atoms with Gasteiger partial charge in [-0.2, -0.15) is 5.10 Å². The first-order chi connectivity index (χ1) is 18.3. The summed E-state index contributed by atoms with van der Waals surface area (Å²) in [7, 11) is 1.53. The molecule has 3 aromatic rings. The van der Waals surface area contributed by atoms with Crippen molar-refractivity contribution in [2.75, 3.05) is 20.3 Å². The summed E-state index contributed by atoms with van der Waals surface area (Å²) in [5, 5.41) is 4.53. The summed E-state index contributed by atoms with van der Waals surface area (Å²) >= 11 is 12.0. The Kier molecular flexibility index (Phi) is 10.6. The van der Waals surface area contributed by atoms with Crippen LogP contribution in [0.25, 0.3) is 0 Å². The predicted molar refractivity (Wildman–Crippen MR) is 147 cm³/mol. The lowest BCUT2D eigenvalue weighted by atomic mass is 10.1. The molecule has 3 aromatic carbocycles. The number of nitrogens with one attached hydrogen (secondary N) is 1. The molecule has 1 N–H and O–H groups in total. The summed E-state index contributed by atoms with van der Waals surface area (Å²) in [5.41, 5.74) is 4.18. The largest absolute Gasteiger partial charge is 0.493 e. The number of hydrogen-bond donors (Lipinski definition) is 1. The van der Waals surface area contributed by atoms with E-state index in [0.717, 1.165) is 5.56 Å². The Morgan fingerprint density at radius 1 is 0.974 bits per heavy atom. The first-order valence-corrected chi connectivity index (χ1v) is 12.3. The van der Waals surface area contributed by atoms with E-state index in [1.165, 1.54) is 25.5 Å². The fourth-order valence-corrected chi connectivity index (χ4v) is 3.73. The van der Waals surface area contributed by atoms with E-state index in [4.69, 9.17) is 42.1 Å². The Balaban J connectivity index is 1.61. The van der Waals surface area contributed by atoms with Crippen molar-refractivity contribution in [2.24, 2.45) is 5.10 Å². The molecule has 8 nitrogen and oxygen atoms in total. The summed E-state index contributed by atoms with van der Waals surface area (Å²) in [6.45, 7) is 5.58. The van der Waals surface area contributed by atoms with Crippen LogP contribution in [0.15, 0.2) is 72.4 Å². The van der Waals surface area contributed by atoms with Gasteiger partial charge in [-0.3, -0.25) is 4.79 Å². The van der Waals surface area contributed by atoms with Gasteiger partial charge in [-0.1, -0.05) is 35.3 Å². The SMILES string of the molecule is C=CCc1ccc(OCC(=O)N/N=C/c2ccc(OC(=O)c3ccc(Cl)cc3Cl)c(OCC)c2)c(OC)c1. The van der Waals surface area contributed by atoms with Crippen molar-refractivity contribution in [3.05, 3.63) is 94.0 Å². The van der Waals surface area contributed by atoms with Gasteiger partial charge >= 0.3 is 5.97 Å². The lowest BCUT2D eigenvalue weighted by Crippen LogP contribution is -2.24. The van der Waals surface area contributed by atoms with E-state index >= 15 is 0 Å². The van der Waals surface area contributed by atoms with E-state index in [1.54, 1.807) is 43.3 Å². The molecule has 0 saturated heterocycles. The second-order valence-corrected chi connectivity index (χ2v) is 8.56. The van der Waals surface area contributed by atoms with Gasteiger partial charge in [-0.15, -0.1) is 6.58 Å². The van der Waals surface area contributed by atoms with Crippen LogP contribution in [0.5, 0.6) is 23.0 Å². The van der Waals surface area contributed by atoms with Crippen LogP contribution < -0.4 is 24.4 Å². The highest BCUT2D eigenvalue weighted by Crippen LogP contribution is 2.31. The molecule has 38 heavy (non-hydrogen) atoms. The highest BCUT2D eigenvalue weighted by molar-refractivity contribution is 6.36. The minimum absolute atomic E-state index is 0.166. The molecule has 0 aromatic heterocycles. The number of esters is 1. The van der Waals surface area contributed by atoms with Gasteiger partial charge in [0.05, 0.1) is 30.5 Å². The minimum atomic E-state index is -0.659. The quantitative estimate of drug-likeness (QED) is 0.0983. The fraction of sp³-hybridized carbons (Fsp3) is 0.179. The van der Waals surface area contributed by atoms with Crippen molar-refractivity contribution >= 4 is 41.3 Å². The number of rotatable bonds is 12. The van der Waals surface area contributed by atoms with Crippen LogP contribution in [0.4, 0.5) is 0 Å². The molecule has 0 atom stereocenters. The average molecular weight is 557 g/mol. The molecule has 0 saturated carbocycles. The van der Waals surface area contributed by atoms with E-state index in [1.807, 2.05) is 12.1 Å². The summed E-state index contributed by atoms with van der Waals surface area (Å²) in [6.07, 6.45) is 3.90. The number of carbonyl (C=O) groups excluding carboxylic acids is 2. The first-order valence-electron chi connectivity index (χ1n) is 11.5. The molecule has 0 aliphatic carbocycles. The van der Waals surface area contributed by atoms with Crippen molar-refractivity contribution in [3.8, 4) is 23.0 Å². The summed E-state index contributed by atoms with van der Waals surface area (Å²) < 4.78 is 22.0. The van der Waals surface area contributed by atoms with Gasteiger partial charge in [0.1, 0.15) is 0 Å². The first kappa shape index (κ1) is 28.6. The molecule has 1 amide bonds. The number of hydrazone groups is 1. The number of amides is 1. The number of benzene rings is 3. The molecule has 0 aliphatic heterocycles. The maximum absolute atomic E-state index is 12.6. The van der Waals surface area contributed by atoms with Gasteiger partial charge in [-0.05, 0) is 73.0 Å². The topological polar surface area (TPSA) is 95.5 Å². The van der Waals surface area contributed by atoms with Crippen LogP contribution in [0, 0.1) is 0 Å². The molecule has 0 bridgehead atoms. The van der Waals surface area contributed by atoms with Crippen LogP contribution in [-0.4, -0.2) is 38.4 Å². The smallest absolute Gasteiger partial charge is 0.345 e. The maximum Gasteiger partial charge on any atom is 0.345 e. The average Bonchev–Trinajstić information content (AvgIpc) is 2.89. The standard InChI is InChI=1S/C28H26Cl2N2O6/c1-4-6-18-7-11-23(25(13-18)35-3)37-17-27(33)32-31-16-19-8-12-24(26(14-19)36-5-2)38-28(34)21-10-9-20(29)15-22(21)30/h4,7-16H,1,5-6,17H2,2-3H3,(H,32,33)/b31-16+. The maximum atomic E-state index is 12.6. The Labute approximate surface area is 230 Å². The van der Waals surface area contributed by atoms with Crippen LogP contribution in [0.1, 0.15) is 28.4 Å². The van der Waals surface area contributed by atoms with Crippen molar-refractivity contribution in [1.29, 1.82) is 0 Å². The molecule has 0 radical (unpaired) electrons. The van der Waals surface area contributed by atoms with Crippen molar-refractivity contribution in [1.82, 2.24) is 5.43 Å². The highest BCUT2D eigenvalue weighted by Gasteiger charge is 2.16. The summed E-state index contributed by atoms with van der Waals surface area (Å²) in [5.74, 6) is 0.346. The normalized spacial score (nSPS) is 10.6. The lowest BCUT2D eigenvalue weighted by molar-refractivity contribution is -0.123. The van der Waals surface area contributed by atoms with E-state index in [9.17, 15) is 9.59 Å². The number of allylic oxidation sites excluding steroid dienone is 1. The Morgan fingerprint density at radius 2 is 1.76 bits per heavy atom. The molecule has 3 rings (SSSR count). The van der Waals surface area contributed by atoms with Gasteiger partial charge in [0.25, 0.3) is 5.91 Å². The van der Waals surface area contributed by atoms with E-state index in [2.05, 4.69) is 17.1 Å². The third-order valence-electron chi connectivity index (χ3n) is 4.99. The number of ether oxygens (including phenoxy) is 4. The van der Waals surface area contributed by atoms with Crippen LogP contribution >= 0.6 is 23.2 Å². The molecule has 0 aliphatic rings. The fourth-order valence-electron chi connectivity index (χ4n) is 3.25. The highest BCUT2D eigenvalue weighted by atomic mass is 35.5. The zero-order valence-corrected chi connectivity index (χ0v) is 22.3. The van der Waals surface area contributed by atoms with Crippen molar-refractivity contribution < 1.29 is 28.5 Å². The van der Waals surface area contributed by atoms with Crippen LogP contribution in [-0.2, 0) is 11.2 Å². The second kappa shape index (κ2) is 14.1. The Morgan fingerprint density at radius 3 is 2.47 bits per heavy atom. The van der Waals surface area contributed by atoms with Gasteiger partial charge < -0.3 is 18.9 Å². The van der Waals surface area contributed by atoms with E-state index < -0.39 is 11.9 Å². The monoisotopic (exact) mass is 556 g/mol. The molecule has 0 heterocycles. The third-order valence-corrected chi connectivity index (χ3v) is 5.54. The van der Waals surface area contributed by atoms with Gasteiger partial charge in [0.15, 0.2) is 29.6 Å². The van der Waals surface area contributed by atoms with Crippen LogP contribution in [0.3, 0.4) is 0 Å². The van der Waals surface area contributed by atoms with Gasteiger partial charge in [0, 0.05) is 5.02 Å². The Bertz CT molecular complexity index is 1340. The molecule has 0 fully saturated rings. The predicted octanol–water partition coefficient (Wildman–Crippen LogP) is 5.88. The molecule has 198 valence electrons. The zero-order valence-electron chi connectivity index (χ0n) is 20.8. The number of halogens is 2. The zero-order chi connectivity index (χ0) is 27.5. The summed E-state index contributed by atoms with van der Waals surface area (Å²) in [4.78, 5) is 24.8. The Hall–Kier alpha value is -4.01. The van der Waals surface area contributed by atoms with Crippen LogP contribution in [0.2, 0.25) is 10.0 Å². The summed E-state index contributed by atoms with van der Waals surface area (Å²) in [6, 6.07) is 14.7. The number of nitrogens with zero attached hydrogens (tertiary/aromatic N) is 1. The molecule has 0 unspecified atom stereocenters. The molecule has 10 heteroatoms. The lowest BCUT2D eigenvalue weighted by Gasteiger charge is -2.12.